The molecule has 3 nitrogen and oxygen atoms in total. The number of Topliss-reactive ketones (excluding diaryl/α,β-unsaturated/α-hetero) is 1. The summed E-state index contributed by atoms with van der Waals surface area (Å²) in [6.07, 6.45) is 3.09. The Kier molecular flexibility index (Phi) is 5.89. The first-order chi connectivity index (χ1) is 8.15. The van der Waals surface area contributed by atoms with Crippen LogP contribution >= 0.6 is 12.4 Å². The highest BCUT2D eigenvalue weighted by Crippen LogP contribution is 2.16. The van der Waals surface area contributed by atoms with Crippen molar-refractivity contribution in [2.75, 3.05) is 19.6 Å². The molecule has 0 N–H and O–H groups in total. The molecule has 1 aliphatic heterocycles. The van der Waals surface area contributed by atoms with Crippen molar-refractivity contribution >= 4 is 18.2 Å². The predicted molar refractivity (Wildman–Crippen MR) is 74.5 cm³/mol. The molecular weight excluding hydrogens is 250 g/mol. The monoisotopic (exact) mass is 271 g/mol. The van der Waals surface area contributed by atoms with Crippen LogP contribution in [0.25, 0.3) is 0 Å². The summed E-state index contributed by atoms with van der Waals surface area (Å²) in [5.74, 6) is 2.28. The van der Waals surface area contributed by atoms with Crippen molar-refractivity contribution in [3.8, 4) is 0 Å². The maximum atomic E-state index is 11.8. The molecule has 0 saturated carbocycles. The summed E-state index contributed by atoms with van der Waals surface area (Å²) < 4.78 is 5.33. The van der Waals surface area contributed by atoms with Gasteiger partial charge in [-0.25, -0.2) is 0 Å². The number of carbonyl (C=O) groups is 1. The molecule has 18 heavy (non-hydrogen) atoms. The highest BCUT2D eigenvalue weighted by Gasteiger charge is 2.17. The number of hydrogen-bond acceptors (Lipinski definition) is 3. The van der Waals surface area contributed by atoms with Gasteiger partial charge in [0.25, 0.3) is 0 Å². The molecule has 0 aliphatic carbocycles. The lowest BCUT2D eigenvalue weighted by atomic mass is 9.99. The van der Waals surface area contributed by atoms with Crippen molar-refractivity contribution in [3.63, 3.8) is 0 Å². The lowest BCUT2D eigenvalue weighted by Gasteiger charge is -2.29. The van der Waals surface area contributed by atoms with Crippen LogP contribution in [0.15, 0.2) is 16.5 Å². The van der Waals surface area contributed by atoms with Crippen LogP contribution in [-0.2, 0) is 0 Å². The maximum absolute atomic E-state index is 11.8. The molecule has 1 aliphatic rings. The SMILES string of the molecule is Cc1ccc(C(=O)CCN2CCC(C)CC2)o1.Cl. The molecule has 0 aromatic carbocycles. The van der Waals surface area contributed by atoms with Crippen molar-refractivity contribution in [2.45, 2.75) is 33.1 Å². The van der Waals surface area contributed by atoms with E-state index in [-0.39, 0.29) is 18.2 Å². The molecule has 2 rings (SSSR count). The molecule has 4 heteroatoms. The Bertz CT molecular complexity index is 381. The van der Waals surface area contributed by atoms with Crippen LogP contribution in [0, 0.1) is 12.8 Å². The minimum Gasteiger partial charge on any atom is -0.458 e. The van der Waals surface area contributed by atoms with E-state index < -0.39 is 0 Å². The van der Waals surface area contributed by atoms with E-state index >= 15 is 0 Å². The number of piperidine rings is 1. The van der Waals surface area contributed by atoms with E-state index in [1.807, 2.05) is 13.0 Å². The Morgan fingerprint density at radius 3 is 2.61 bits per heavy atom. The number of nitrogens with zero attached hydrogens (tertiary/aromatic N) is 1. The van der Waals surface area contributed by atoms with E-state index in [0.29, 0.717) is 12.2 Å². The highest BCUT2D eigenvalue weighted by molar-refractivity contribution is 5.93. The van der Waals surface area contributed by atoms with Crippen LogP contribution in [0.2, 0.25) is 0 Å². The molecule has 0 unspecified atom stereocenters. The van der Waals surface area contributed by atoms with Crippen LogP contribution in [0.1, 0.15) is 42.5 Å². The second-order valence-corrected chi connectivity index (χ2v) is 5.11. The number of halogens is 1. The van der Waals surface area contributed by atoms with Gasteiger partial charge in [-0.3, -0.25) is 4.79 Å². The van der Waals surface area contributed by atoms with Gasteiger partial charge in [0.2, 0.25) is 0 Å². The van der Waals surface area contributed by atoms with Crippen LogP contribution < -0.4 is 0 Å². The molecule has 0 radical (unpaired) electrons. The molecule has 0 bridgehead atoms. The molecule has 1 aromatic heterocycles. The number of hydrogen-bond donors (Lipinski definition) is 0. The molecule has 1 aromatic rings. The number of ketones is 1. The number of furan rings is 1. The number of aryl methyl sites for hydroxylation is 1. The summed E-state index contributed by atoms with van der Waals surface area (Å²) in [4.78, 5) is 14.2. The van der Waals surface area contributed by atoms with Crippen molar-refractivity contribution in [1.82, 2.24) is 4.90 Å². The Balaban J connectivity index is 0.00000162. The van der Waals surface area contributed by atoms with Crippen molar-refractivity contribution < 1.29 is 9.21 Å². The van der Waals surface area contributed by atoms with Gasteiger partial charge in [0.05, 0.1) is 0 Å². The van der Waals surface area contributed by atoms with Crippen LogP contribution in [-0.4, -0.2) is 30.3 Å². The topological polar surface area (TPSA) is 33.5 Å². The molecule has 1 saturated heterocycles. The lowest BCUT2D eigenvalue weighted by Crippen LogP contribution is -2.34. The van der Waals surface area contributed by atoms with Crippen molar-refractivity contribution in [1.29, 1.82) is 0 Å². The normalized spacial score (nSPS) is 17.4. The third-order valence-electron chi connectivity index (χ3n) is 3.55. The Morgan fingerprint density at radius 2 is 2.06 bits per heavy atom. The molecule has 0 atom stereocenters. The second-order valence-electron chi connectivity index (χ2n) is 5.11. The summed E-state index contributed by atoms with van der Waals surface area (Å²) in [5.41, 5.74) is 0. The van der Waals surface area contributed by atoms with Gasteiger partial charge in [-0.1, -0.05) is 6.92 Å². The fourth-order valence-corrected chi connectivity index (χ4v) is 2.25. The standard InChI is InChI=1S/C14H21NO2.ClH/c1-11-5-8-15(9-6-11)10-7-13(16)14-4-3-12(2)17-14;/h3-4,11H,5-10H2,1-2H3;1H. The minimum atomic E-state index is 0. The lowest BCUT2D eigenvalue weighted by molar-refractivity contribution is 0.0925. The van der Waals surface area contributed by atoms with Gasteiger partial charge in [-0.05, 0) is 50.9 Å². The van der Waals surface area contributed by atoms with Gasteiger partial charge in [0.1, 0.15) is 5.76 Å². The summed E-state index contributed by atoms with van der Waals surface area (Å²) in [6.45, 7) is 7.29. The van der Waals surface area contributed by atoms with Crippen LogP contribution in [0.3, 0.4) is 0 Å². The van der Waals surface area contributed by atoms with Gasteiger partial charge in [0.15, 0.2) is 11.5 Å². The van der Waals surface area contributed by atoms with Crippen LogP contribution in [0.4, 0.5) is 0 Å². The summed E-state index contributed by atoms with van der Waals surface area (Å²) in [7, 11) is 0. The predicted octanol–water partition coefficient (Wildman–Crippen LogP) is 3.31. The molecular formula is C14H22ClNO2. The summed E-state index contributed by atoms with van der Waals surface area (Å²) >= 11 is 0. The molecule has 0 amide bonds. The smallest absolute Gasteiger partial charge is 0.199 e. The third-order valence-corrected chi connectivity index (χ3v) is 3.55. The van der Waals surface area contributed by atoms with E-state index in [1.54, 1.807) is 6.07 Å². The zero-order chi connectivity index (χ0) is 12.3. The van der Waals surface area contributed by atoms with E-state index in [0.717, 1.165) is 31.3 Å². The first kappa shape index (κ1) is 15.3. The third kappa shape index (κ3) is 4.14. The fourth-order valence-electron chi connectivity index (χ4n) is 2.25. The Labute approximate surface area is 115 Å². The highest BCUT2D eigenvalue weighted by atomic mass is 35.5. The Morgan fingerprint density at radius 1 is 1.39 bits per heavy atom. The fraction of sp³-hybridized carbons (Fsp3) is 0.643. The zero-order valence-corrected chi connectivity index (χ0v) is 12.0. The number of carbonyl (C=O) groups excluding carboxylic acids is 1. The molecule has 0 spiro atoms. The van der Waals surface area contributed by atoms with Crippen molar-refractivity contribution in [3.05, 3.63) is 23.7 Å². The quantitative estimate of drug-likeness (QED) is 0.788. The average molecular weight is 272 g/mol. The van der Waals surface area contributed by atoms with E-state index in [1.165, 1.54) is 12.8 Å². The first-order valence-corrected chi connectivity index (χ1v) is 6.47. The number of rotatable bonds is 4. The summed E-state index contributed by atoms with van der Waals surface area (Å²) in [6, 6.07) is 3.62. The summed E-state index contributed by atoms with van der Waals surface area (Å²) in [5, 5.41) is 0. The van der Waals surface area contributed by atoms with E-state index in [9.17, 15) is 4.79 Å². The van der Waals surface area contributed by atoms with Gasteiger partial charge in [0, 0.05) is 13.0 Å². The maximum Gasteiger partial charge on any atom is 0.199 e. The van der Waals surface area contributed by atoms with Gasteiger partial charge in [-0.15, -0.1) is 12.4 Å². The van der Waals surface area contributed by atoms with Crippen LogP contribution in [0.5, 0.6) is 0 Å². The molecule has 1 fully saturated rings. The molecule has 102 valence electrons. The Hall–Kier alpha value is -0.800. The second kappa shape index (κ2) is 6.95. The molecule has 2 heterocycles. The van der Waals surface area contributed by atoms with Crippen molar-refractivity contribution in [2.24, 2.45) is 5.92 Å². The minimum absolute atomic E-state index is 0. The average Bonchev–Trinajstić information content (AvgIpc) is 2.75. The van der Waals surface area contributed by atoms with E-state index in [2.05, 4.69) is 11.8 Å². The van der Waals surface area contributed by atoms with Gasteiger partial charge < -0.3 is 9.32 Å². The van der Waals surface area contributed by atoms with Gasteiger partial charge >= 0.3 is 0 Å². The van der Waals surface area contributed by atoms with Gasteiger partial charge in [-0.2, -0.15) is 0 Å². The number of likely N-dealkylation sites (tertiary alicyclic amines) is 1. The zero-order valence-electron chi connectivity index (χ0n) is 11.1. The first-order valence-electron chi connectivity index (χ1n) is 6.47. The largest absolute Gasteiger partial charge is 0.458 e. The van der Waals surface area contributed by atoms with E-state index in [4.69, 9.17) is 4.42 Å².